The van der Waals surface area contributed by atoms with Crippen LogP contribution in [0.25, 0.3) is 16.6 Å². The SMILES string of the molecule is CCC(c1nc2ccccc2c(=O)n1-c1ccc(C)c(C)c1)N(CCOC)C(=O)c1cccc(OC)c1. The standard InChI is InChI=1S/C30H33N3O4/c1-6-27(32(16-17-36-4)29(34)22-10-9-11-24(19-22)37-5)28-31-26-13-8-7-12-25(26)30(35)33(28)23-15-14-20(2)21(3)18-23/h7-15,18-19,27H,6,16-17H2,1-5H3. The lowest BCUT2D eigenvalue weighted by Gasteiger charge is -2.32. The lowest BCUT2D eigenvalue weighted by atomic mass is 10.1. The van der Waals surface area contributed by atoms with Crippen molar-refractivity contribution in [3.05, 3.63) is 99.6 Å². The van der Waals surface area contributed by atoms with Crippen molar-refractivity contribution < 1.29 is 14.3 Å². The quantitative estimate of drug-likeness (QED) is 0.314. The Morgan fingerprint density at radius 2 is 1.78 bits per heavy atom. The summed E-state index contributed by atoms with van der Waals surface area (Å²) in [6.07, 6.45) is 0.551. The lowest BCUT2D eigenvalue weighted by molar-refractivity contribution is 0.0579. The molecule has 1 unspecified atom stereocenters. The monoisotopic (exact) mass is 499 g/mol. The van der Waals surface area contributed by atoms with Gasteiger partial charge in [0.2, 0.25) is 0 Å². The van der Waals surface area contributed by atoms with Crippen molar-refractivity contribution >= 4 is 16.8 Å². The lowest BCUT2D eigenvalue weighted by Crippen LogP contribution is -2.40. The zero-order valence-corrected chi connectivity index (χ0v) is 22.0. The molecule has 37 heavy (non-hydrogen) atoms. The molecule has 7 nitrogen and oxygen atoms in total. The first kappa shape index (κ1) is 26.1. The molecule has 0 aliphatic heterocycles. The average Bonchev–Trinajstić information content (AvgIpc) is 2.92. The van der Waals surface area contributed by atoms with Crippen molar-refractivity contribution in [2.75, 3.05) is 27.4 Å². The maximum Gasteiger partial charge on any atom is 0.266 e. The molecule has 1 atom stereocenters. The predicted octanol–water partition coefficient (Wildman–Crippen LogP) is 5.25. The van der Waals surface area contributed by atoms with Gasteiger partial charge >= 0.3 is 0 Å². The Morgan fingerprint density at radius 3 is 2.49 bits per heavy atom. The van der Waals surface area contributed by atoms with Crippen molar-refractivity contribution in [1.82, 2.24) is 14.5 Å². The molecule has 1 heterocycles. The second-order valence-corrected chi connectivity index (χ2v) is 9.04. The van der Waals surface area contributed by atoms with E-state index in [4.69, 9.17) is 14.5 Å². The summed E-state index contributed by atoms with van der Waals surface area (Å²) in [5.41, 5.74) is 3.86. The van der Waals surface area contributed by atoms with Gasteiger partial charge in [-0.15, -0.1) is 0 Å². The highest BCUT2D eigenvalue weighted by atomic mass is 16.5. The summed E-state index contributed by atoms with van der Waals surface area (Å²) in [4.78, 5) is 34.5. The number of carbonyl (C=O) groups is 1. The number of rotatable bonds is 9. The Morgan fingerprint density at radius 1 is 1.00 bits per heavy atom. The largest absolute Gasteiger partial charge is 0.497 e. The van der Waals surface area contributed by atoms with E-state index in [1.54, 1.807) is 54.0 Å². The number of benzene rings is 3. The third-order valence-corrected chi connectivity index (χ3v) is 6.73. The van der Waals surface area contributed by atoms with Crippen LogP contribution in [0.4, 0.5) is 0 Å². The van der Waals surface area contributed by atoms with Crippen LogP contribution in [-0.2, 0) is 4.74 Å². The fourth-order valence-electron chi connectivity index (χ4n) is 4.54. The predicted molar refractivity (Wildman–Crippen MR) is 146 cm³/mol. The minimum atomic E-state index is -0.479. The van der Waals surface area contributed by atoms with Gasteiger partial charge < -0.3 is 14.4 Å². The highest BCUT2D eigenvalue weighted by molar-refractivity contribution is 5.95. The number of aromatic nitrogens is 2. The molecule has 0 aliphatic rings. The van der Waals surface area contributed by atoms with Crippen molar-refractivity contribution in [1.29, 1.82) is 0 Å². The summed E-state index contributed by atoms with van der Waals surface area (Å²) >= 11 is 0. The van der Waals surface area contributed by atoms with E-state index in [1.165, 1.54) is 0 Å². The fraction of sp³-hybridized carbons (Fsp3) is 0.300. The zero-order chi connectivity index (χ0) is 26.5. The van der Waals surface area contributed by atoms with E-state index < -0.39 is 6.04 Å². The number of para-hydroxylation sites is 1. The van der Waals surface area contributed by atoms with Crippen LogP contribution in [-0.4, -0.2) is 47.7 Å². The van der Waals surface area contributed by atoms with Gasteiger partial charge in [-0.2, -0.15) is 0 Å². The Hall–Kier alpha value is -3.97. The zero-order valence-electron chi connectivity index (χ0n) is 22.0. The Balaban J connectivity index is 1.94. The minimum Gasteiger partial charge on any atom is -0.497 e. The number of nitrogens with zero attached hydrogens (tertiary/aromatic N) is 3. The van der Waals surface area contributed by atoms with Crippen LogP contribution >= 0.6 is 0 Å². The van der Waals surface area contributed by atoms with Crippen molar-refractivity contribution in [2.24, 2.45) is 0 Å². The van der Waals surface area contributed by atoms with Crippen molar-refractivity contribution in [3.8, 4) is 11.4 Å². The van der Waals surface area contributed by atoms with Gasteiger partial charge in [-0.05, 0) is 73.9 Å². The number of hydrogen-bond donors (Lipinski definition) is 0. The van der Waals surface area contributed by atoms with Crippen LogP contribution in [0.2, 0.25) is 0 Å². The van der Waals surface area contributed by atoms with Crippen LogP contribution in [0.5, 0.6) is 5.75 Å². The molecule has 192 valence electrons. The van der Waals surface area contributed by atoms with Crippen LogP contribution in [0.1, 0.15) is 46.7 Å². The molecule has 0 saturated heterocycles. The molecule has 4 rings (SSSR count). The number of hydrogen-bond acceptors (Lipinski definition) is 5. The first-order valence-corrected chi connectivity index (χ1v) is 12.4. The summed E-state index contributed by atoms with van der Waals surface area (Å²) < 4.78 is 12.4. The first-order valence-electron chi connectivity index (χ1n) is 12.4. The summed E-state index contributed by atoms with van der Waals surface area (Å²) in [6, 6.07) is 19.9. The number of carbonyl (C=O) groups excluding carboxylic acids is 1. The third kappa shape index (κ3) is 5.27. The van der Waals surface area contributed by atoms with E-state index in [0.29, 0.717) is 47.6 Å². The molecule has 7 heteroatoms. The molecule has 0 bridgehead atoms. The van der Waals surface area contributed by atoms with Crippen LogP contribution in [0, 0.1) is 13.8 Å². The molecular weight excluding hydrogens is 466 g/mol. The normalized spacial score (nSPS) is 11.9. The van der Waals surface area contributed by atoms with Gasteiger partial charge in [-0.25, -0.2) is 4.98 Å². The molecule has 0 spiro atoms. The molecular formula is C30H33N3O4. The number of aryl methyl sites for hydroxylation is 2. The topological polar surface area (TPSA) is 73.7 Å². The second kappa shape index (κ2) is 11.4. The van der Waals surface area contributed by atoms with Gasteiger partial charge in [-0.3, -0.25) is 14.2 Å². The van der Waals surface area contributed by atoms with E-state index in [-0.39, 0.29) is 11.5 Å². The van der Waals surface area contributed by atoms with Crippen molar-refractivity contribution in [2.45, 2.75) is 33.2 Å². The molecule has 0 radical (unpaired) electrons. The molecule has 0 N–H and O–H groups in total. The van der Waals surface area contributed by atoms with E-state index in [1.807, 2.05) is 57.2 Å². The molecule has 1 amide bonds. The van der Waals surface area contributed by atoms with Gasteiger partial charge in [0.1, 0.15) is 11.6 Å². The maximum atomic E-state index is 13.9. The average molecular weight is 500 g/mol. The fourth-order valence-corrected chi connectivity index (χ4v) is 4.54. The smallest absolute Gasteiger partial charge is 0.266 e. The van der Waals surface area contributed by atoms with E-state index in [2.05, 4.69) is 0 Å². The Bertz CT molecular complexity index is 1480. The highest BCUT2D eigenvalue weighted by Gasteiger charge is 2.30. The molecule has 4 aromatic rings. The minimum absolute atomic E-state index is 0.164. The summed E-state index contributed by atoms with van der Waals surface area (Å²) in [5, 5.41) is 0.530. The summed E-state index contributed by atoms with van der Waals surface area (Å²) in [6.45, 7) is 6.73. The highest BCUT2D eigenvalue weighted by Crippen LogP contribution is 2.28. The second-order valence-electron chi connectivity index (χ2n) is 9.04. The van der Waals surface area contributed by atoms with Crippen LogP contribution in [0.15, 0.2) is 71.5 Å². The number of ether oxygens (including phenoxy) is 2. The molecule has 0 aliphatic carbocycles. The van der Waals surface area contributed by atoms with Gasteiger partial charge in [-0.1, -0.05) is 31.2 Å². The van der Waals surface area contributed by atoms with Crippen LogP contribution < -0.4 is 10.3 Å². The van der Waals surface area contributed by atoms with Crippen LogP contribution in [0.3, 0.4) is 0 Å². The number of methoxy groups -OCH3 is 2. The van der Waals surface area contributed by atoms with Gasteiger partial charge in [0.15, 0.2) is 0 Å². The number of fused-ring (bicyclic) bond motifs is 1. The third-order valence-electron chi connectivity index (χ3n) is 6.73. The molecule has 3 aromatic carbocycles. The summed E-state index contributed by atoms with van der Waals surface area (Å²) in [7, 11) is 3.18. The Kier molecular flexibility index (Phi) is 8.04. The Labute approximate surface area is 217 Å². The van der Waals surface area contributed by atoms with Crippen molar-refractivity contribution in [3.63, 3.8) is 0 Å². The molecule has 1 aromatic heterocycles. The maximum absolute atomic E-state index is 13.9. The van der Waals surface area contributed by atoms with E-state index in [0.717, 1.165) is 16.8 Å². The first-order chi connectivity index (χ1) is 17.9. The molecule has 0 fully saturated rings. The van der Waals surface area contributed by atoms with E-state index in [9.17, 15) is 9.59 Å². The van der Waals surface area contributed by atoms with Gasteiger partial charge in [0.05, 0.1) is 36.3 Å². The summed E-state index contributed by atoms with van der Waals surface area (Å²) in [5.74, 6) is 0.931. The van der Waals surface area contributed by atoms with Gasteiger partial charge in [0, 0.05) is 19.2 Å². The van der Waals surface area contributed by atoms with E-state index >= 15 is 0 Å². The molecule has 0 saturated carbocycles. The van der Waals surface area contributed by atoms with Gasteiger partial charge in [0.25, 0.3) is 11.5 Å². The number of amides is 1.